The van der Waals surface area contributed by atoms with Gasteiger partial charge in [0.2, 0.25) is 0 Å². The number of hydrogen-bond donors (Lipinski definition) is 0. The summed E-state index contributed by atoms with van der Waals surface area (Å²) in [6, 6.07) is 0. The van der Waals surface area contributed by atoms with Crippen LogP contribution in [0, 0.1) is 0 Å². The molecule has 0 N–H and O–H groups in total. The third kappa shape index (κ3) is 22.1. The van der Waals surface area contributed by atoms with Gasteiger partial charge in [0.1, 0.15) is 0 Å². The van der Waals surface area contributed by atoms with Crippen LogP contribution in [0.15, 0.2) is 12.2 Å². The summed E-state index contributed by atoms with van der Waals surface area (Å²) in [5, 5.41) is 0. The maximum Gasteiger partial charge on any atom is 0.331 e. The molecule has 0 unspecified atom stereocenters. The molecule has 0 radical (unpaired) electrons. The van der Waals surface area contributed by atoms with Crippen molar-refractivity contribution in [1.82, 2.24) is 9.80 Å². The quantitative estimate of drug-likeness (QED) is 0.0655. The van der Waals surface area contributed by atoms with E-state index in [4.69, 9.17) is 18.9 Å². The van der Waals surface area contributed by atoms with Crippen molar-refractivity contribution in [3.05, 3.63) is 12.2 Å². The molecular weight excluding hydrogens is 532 g/mol. The highest BCUT2D eigenvalue weighted by molar-refractivity contribution is 5.91. The number of esters is 2. The maximum absolute atomic E-state index is 11.8. The minimum atomic E-state index is -0.467. The standard InChI is InChI=1S/C34H62N2O6/c37-33(41-27-17-13-9-5-1-3-7-11-15-21-35-23-29-39-30-24-35)19-20-34(38)42-28-18-14-10-6-2-4-8-12-16-22-36-25-31-40-32-26-36/h19-20H,1-18,21-32H2/b20-19+. The van der Waals surface area contributed by atoms with Crippen molar-refractivity contribution in [2.75, 3.05) is 78.9 Å². The molecule has 0 amide bonds. The number of nitrogens with zero attached hydrogens (tertiary/aromatic N) is 2. The van der Waals surface area contributed by atoms with Gasteiger partial charge in [-0.05, 0) is 38.8 Å². The first-order chi connectivity index (χ1) is 20.7. The molecule has 0 aliphatic carbocycles. The number of ether oxygens (including phenoxy) is 4. The molecule has 0 spiro atoms. The van der Waals surface area contributed by atoms with E-state index in [1.165, 1.54) is 115 Å². The highest BCUT2D eigenvalue weighted by Crippen LogP contribution is 2.12. The average molecular weight is 595 g/mol. The minimum Gasteiger partial charge on any atom is -0.463 e. The van der Waals surface area contributed by atoms with Crippen LogP contribution in [-0.4, -0.2) is 101 Å². The van der Waals surface area contributed by atoms with Gasteiger partial charge in [0.25, 0.3) is 0 Å². The Morgan fingerprint density at radius 3 is 1.07 bits per heavy atom. The number of hydrogen-bond acceptors (Lipinski definition) is 8. The van der Waals surface area contributed by atoms with Gasteiger partial charge < -0.3 is 18.9 Å². The molecule has 2 rings (SSSR count). The van der Waals surface area contributed by atoms with Crippen molar-refractivity contribution >= 4 is 11.9 Å². The molecule has 2 aliphatic rings. The summed E-state index contributed by atoms with van der Waals surface area (Å²) in [7, 11) is 0. The van der Waals surface area contributed by atoms with Crippen LogP contribution in [0.5, 0.6) is 0 Å². The van der Waals surface area contributed by atoms with Crippen molar-refractivity contribution in [3.8, 4) is 0 Å². The molecule has 0 aromatic rings. The van der Waals surface area contributed by atoms with E-state index in [1.807, 2.05) is 0 Å². The molecule has 244 valence electrons. The fourth-order valence-electron chi connectivity index (χ4n) is 5.58. The summed E-state index contributed by atoms with van der Waals surface area (Å²) in [6.45, 7) is 11.2. The van der Waals surface area contributed by atoms with Crippen molar-refractivity contribution in [2.45, 2.75) is 116 Å². The third-order valence-corrected chi connectivity index (χ3v) is 8.29. The van der Waals surface area contributed by atoms with Crippen molar-refractivity contribution in [3.63, 3.8) is 0 Å². The number of morpholine rings is 2. The molecule has 2 heterocycles. The molecule has 8 nitrogen and oxygen atoms in total. The van der Waals surface area contributed by atoms with Crippen LogP contribution < -0.4 is 0 Å². The molecule has 0 saturated carbocycles. The molecular formula is C34H62N2O6. The fraction of sp³-hybridized carbons (Fsp3) is 0.882. The molecule has 0 atom stereocenters. The first kappa shape index (κ1) is 36.7. The summed E-state index contributed by atoms with van der Waals surface area (Å²) >= 11 is 0. The van der Waals surface area contributed by atoms with E-state index in [9.17, 15) is 9.59 Å². The molecule has 2 aliphatic heterocycles. The number of unbranched alkanes of at least 4 members (excludes halogenated alkanes) is 16. The molecule has 2 fully saturated rings. The minimum absolute atomic E-state index is 0.411. The van der Waals surface area contributed by atoms with Gasteiger partial charge in [-0.15, -0.1) is 0 Å². The van der Waals surface area contributed by atoms with Gasteiger partial charge in [-0.1, -0.05) is 89.9 Å². The lowest BCUT2D eigenvalue weighted by molar-refractivity contribution is -0.140. The van der Waals surface area contributed by atoms with Crippen molar-refractivity contribution in [2.24, 2.45) is 0 Å². The van der Waals surface area contributed by atoms with E-state index in [0.717, 1.165) is 78.3 Å². The topological polar surface area (TPSA) is 77.5 Å². The Bertz CT molecular complexity index is 621. The average Bonchev–Trinajstić information content (AvgIpc) is 3.02. The summed E-state index contributed by atoms with van der Waals surface area (Å²) in [5.41, 5.74) is 0. The van der Waals surface area contributed by atoms with Gasteiger partial charge in [0.15, 0.2) is 0 Å². The van der Waals surface area contributed by atoms with Crippen molar-refractivity contribution in [1.29, 1.82) is 0 Å². The molecule has 0 aromatic carbocycles. The van der Waals surface area contributed by atoms with Gasteiger partial charge >= 0.3 is 11.9 Å². The zero-order valence-corrected chi connectivity index (χ0v) is 26.7. The van der Waals surface area contributed by atoms with Crippen LogP contribution >= 0.6 is 0 Å². The second-order valence-corrected chi connectivity index (χ2v) is 11.9. The van der Waals surface area contributed by atoms with Crippen LogP contribution in [0.1, 0.15) is 116 Å². The largest absolute Gasteiger partial charge is 0.463 e. The SMILES string of the molecule is O=C(/C=C/C(=O)OCCCCCCCCCCCN1CCOCC1)OCCCCCCCCCCCN1CCOCC1. The van der Waals surface area contributed by atoms with E-state index in [1.54, 1.807) is 0 Å². The van der Waals surface area contributed by atoms with Crippen molar-refractivity contribution < 1.29 is 28.5 Å². The van der Waals surface area contributed by atoms with Crippen LogP contribution in [0.2, 0.25) is 0 Å². The highest BCUT2D eigenvalue weighted by atomic mass is 16.5. The van der Waals surface area contributed by atoms with E-state index in [0.29, 0.717) is 13.2 Å². The zero-order valence-electron chi connectivity index (χ0n) is 26.7. The first-order valence-corrected chi connectivity index (χ1v) is 17.4. The second-order valence-electron chi connectivity index (χ2n) is 11.9. The lowest BCUT2D eigenvalue weighted by Gasteiger charge is -2.26. The molecule has 2 saturated heterocycles. The Labute approximate surface area is 256 Å². The van der Waals surface area contributed by atoms with E-state index >= 15 is 0 Å². The summed E-state index contributed by atoms with van der Waals surface area (Å²) < 4.78 is 21.2. The van der Waals surface area contributed by atoms with Gasteiger partial charge in [0, 0.05) is 38.3 Å². The fourth-order valence-corrected chi connectivity index (χ4v) is 5.58. The smallest absolute Gasteiger partial charge is 0.331 e. The molecule has 0 aromatic heterocycles. The Morgan fingerprint density at radius 1 is 0.452 bits per heavy atom. The van der Waals surface area contributed by atoms with E-state index in [-0.39, 0.29) is 0 Å². The third-order valence-electron chi connectivity index (χ3n) is 8.29. The second kappa shape index (κ2) is 27.1. The zero-order chi connectivity index (χ0) is 29.8. The van der Waals surface area contributed by atoms with E-state index < -0.39 is 11.9 Å². The highest BCUT2D eigenvalue weighted by Gasteiger charge is 2.10. The molecule has 42 heavy (non-hydrogen) atoms. The van der Waals surface area contributed by atoms with Gasteiger partial charge in [0.05, 0.1) is 39.6 Å². The summed E-state index contributed by atoms with van der Waals surface area (Å²) in [5.74, 6) is -0.935. The number of carbonyl (C=O) groups is 2. The summed E-state index contributed by atoms with van der Waals surface area (Å²) in [4.78, 5) is 28.6. The lowest BCUT2D eigenvalue weighted by atomic mass is 10.1. The predicted octanol–water partition coefficient (Wildman–Crippen LogP) is 6.32. The number of carbonyl (C=O) groups excluding carboxylic acids is 2. The monoisotopic (exact) mass is 594 g/mol. The van der Waals surface area contributed by atoms with Crippen LogP contribution in [0.25, 0.3) is 0 Å². The van der Waals surface area contributed by atoms with Gasteiger partial charge in [-0.3, -0.25) is 9.80 Å². The predicted molar refractivity (Wildman–Crippen MR) is 169 cm³/mol. The van der Waals surface area contributed by atoms with Crippen LogP contribution in [0.3, 0.4) is 0 Å². The normalized spacial score (nSPS) is 16.7. The van der Waals surface area contributed by atoms with E-state index in [2.05, 4.69) is 9.80 Å². The van der Waals surface area contributed by atoms with Crippen LogP contribution in [0.4, 0.5) is 0 Å². The molecule has 8 heteroatoms. The Kier molecular flexibility index (Phi) is 23.7. The Balaban J connectivity index is 1.25. The number of rotatable bonds is 26. The Morgan fingerprint density at radius 2 is 0.738 bits per heavy atom. The first-order valence-electron chi connectivity index (χ1n) is 17.4. The maximum atomic E-state index is 11.8. The molecule has 0 bridgehead atoms. The summed E-state index contributed by atoms with van der Waals surface area (Å²) in [6.07, 6.45) is 24.2. The van der Waals surface area contributed by atoms with Gasteiger partial charge in [-0.2, -0.15) is 0 Å². The lowest BCUT2D eigenvalue weighted by Crippen LogP contribution is -2.36. The van der Waals surface area contributed by atoms with Crippen LogP contribution in [-0.2, 0) is 28.5 Å². The van der Waals surface area contributed by atoms with Gasteiger partial charge in [-0.25, -0.2) is 9.59 Å². The Hall–Kier alpha value is -1.48.